The minimum absolute atomic E-state index is 0.00792. The van der Waals surface area contributed by atoms with Crippen LogP contribution in [0.4, 0.5) is 10.5 Å². The quantitative estimate of drug-likeness (QED) is 0.473. The summed E-state index contributed by atoms with van der Waals surface area (Å²) < 4.78 is 32.2. The highest BCUT2D eigenvalue weighted by atomic mass is 32.2. The van der Waals surface area contributed by atoms with Gasteiger partial charge in [0.2, 0.25) is 15.9 Å². The van der Waals surface area contributed by atoms with Crippen LogP contribution >= 0.6 is 0 Å². The standard InChI is InChI=1S/C21H30N4O6S/c1-15(14-31-2)24-32(29,30)17-8-6-16(7-9-17)22-18(26)10-13-25-19(27)21(23-20(25)28)11-4-3-5-12-21/h6-9,15,24H,3-5,10-14H2,1-2H3,(H,22,26)(H,23,28)/t15-/m1/s1. The molecule has 2 fully saturated rings. The number of nitrogens with one attached hydrogen (secondary N) is 3. The number of sulfonamides is 1. The van der Waals surface area contributed by atoms with Gasteiger partial charge < -0.3 is 15.4 Å². The van der Waals surface area contributed by atoms with Crippen LogP contribution in [0, 0.1) is 0 Å². The molecule has 1 aliphatic heterocycles. The maximum absolute atomic E-state index is 12.8. The number of anilines is 1. The van der Waals surface area contributed by atoms with Gasteiger partial charge in [0.15, 0.2) is 0 Å². The van der Waals surface area contributed by atoms with Crippen molar-refractivity contribution in [2.45, 2.75) is 61.9 Å². The number of imide groups is 1. The Hall–Kier alpha value is -2.50. The third-order valence-electron chi connectivity index (χ3n) is 5.74. The lowest BCUT2D eigenvalue weighted by Crippen LogP contribution is -2.48. The fourth-order valence-electron chi connectivity index (χ4n) is 4.14. The minimum atomic E-state index is -3.71. The summed E-state index contributed by atoms with van der Waals surface area (Å²) in [5.41, 5.74) is -0.387. The molecule has 1 aliphatic carbocycles. The lowest BCUT2D eigenvalue weighted by Gasteiger charge is -2.30. The molecule has 1 aromatic carbocycles. The van der Waals surface area contributed by atoms with Crippen LogP contribution < -0.4 is 15.4 Å². The van der Waals surface area contributed by atoms with Gasteiger partial charge in [-0.25, -0.2) is 17.9 Å². The van der Waals surface area contributed by atoms with Gasteiger partial charge in [0.25, 0.3) is 5.91 Å². The number of carbonyl (C=O) groups is 3. The molecule has 0 radical (unpaired) electrons. The number of benzene rings is 1. The van der Waals surface area contributed by atoms with Crippen molar-refractivity contribution in [1.29, 1.82) is 0 Å². The van der Waals surface area contributed by atoms with Crippen molar-refractivity contribution in [1.82, 2.24) is 14.9 Å². The highest BCUT2D eigenvalue weighted by Gasteiger charge is 2.51. The van der Waals surface area contributed by atoms with E-state index < -0.39 is 21.6 Å². The number of hydrogen-bond acceptors (Lipinski definition) is 6. The Morgan fingerprint density at radius 2 is 1.84 bits per heavy atom. The molecule has 176 valence electrons. The number of hydrogen-bond donors (Lipinski definition) is 3. The fourth-order valence-corrected chi connectivity index (χ4v) is 5.37. The first-order chi connectivity index (χ1) is 15.2. The topological polar surface area (TPSA) is 134 Å². The predicted molar refractivity (Wildman–Crippen MR) is 117 cm³/mol. The monoisotopic (exact) mass is 466 g/mol. The first kappa shape index (κ1) is 24.1. The van der Waals surface area contributed by atoms with Crippen molar-refractivity contribution < 1.29 is 27.5 Å². The second-order valence-electron chi connectivity index (χ2n) is 8.33. The number of rotatable bonds is 9. The van der Waals surface area contributed by atoms with Crippen LogP contribution in [0.1, 0.15) is 45.4 Å². The second-order valence-corrected chi connectivity index (χ2v) is 10.0. The Balaban J connectivity index is 1.53. The largest absolute Gasteiger partial charge is 0.383 e. The van der Waals surface area contributed by atoms with E-state index in [1.807, 2.05) is 0 Å². The average Bonchev–Trinajstić information content (AvgIpc) is 2.96. The number of methoxy groups -OCH3 is 1. The molecule has 0 bridgehead atoms. The third kappa shape index (κ3) is 5.45. The molecule has 2 aliphatic rings. The van der Waals surface area contributed by atoms with Gasteiger partial charge in [-0.2, -0.15) is 0 Å². The minimum Gasteiger partial charge on any atom is -0.383 e. The molecular formula is C21H30N4O6S. The van der Waals surface area contributed by atoms with Crippen LogP contribution in [0.5, 0.6) is 0 Å². The van der Waals surface area contributed by atoms with Crippen molar-refractivity contribution in [3.05, 3.63) is 24.3 Å². The van der Waals surface area contributed by atoms with E-state index >= 15 is 0 Å². The van der Waals surface area contributed by atoms with Crippen LogP contribution in [-0.2, 0) is 24.3 Å². The summed E-state index contributed by atoms with van der Waals surface area (Å²) in [7, 11) is -2.22. The molecule has 0 aromatic heterocycles. The summed E-state index contributed by atoms with van der Waals surface area (Å²) >= 11 is 0. The molecule has 4 amide bonds. The van der Waals surface area contributed by atoms with Crippen molar-refractivity contribution in [2.75, 3.05) is 25.6 Å². The van der Waals surface area contributed by atoms with E-state index in [1.165, 1.54) is 31.4 Å². The summed E-state index contributed by atoms with van der Waals surface area (Å²) in [5.74, 6) is -0.627. The summed E-state index contributed by atoms with van der Waals surface area (Å²) in [6.45, 7) is 1.93. The molecule has 3 rings (SSSR count). The van der Waals surface area contributed by atoms with Crippen molar-refractivity contribution in [2.24, 2.45) is 0 Å². The predicted octanol–water partition coefficient (Wildman–Crippen LogP) is 1.58. The molecule has 1 saturated carbocycles. The van der Waals surface area contributed by atoms with Gasteiger partial charge in [0, 0.05) is 31.8 Å². The van der Waals surface area contributed by atoms with Gasteiger partial charge in [0.1, 0.15) is 5.54 Å². The molecule has 32 heavy (non-hydrogen) atoms. The Labute approximate surface area is 188 Å². The molecule has 1 aromatic rings. The van der Waals surface area contributed by atoms with Gasteiger partial charge in [-0.05, 0) is 44.0 Å². The summed E-state index contributed by atoms with van der Waals surface area (Å²) in [6.07, 6.45) is 4.06. The molecule has 10 nitrogen and oxygen atoms in total. The van der Waals surface area contributed by atoms with Crippen molar-refractivity contribution >= 4 is 33.6 Å². The van der Waals surface area contributed by atoms with Gasteiger partial charge in [-0.1, -0.05) is 19.3 Å². The summed E-state index contributed by atoms with van der Waals surface area (Å²) in [5, 5.41) is 5.48. The summed E-state index contributed by atoms with van der Waals surface area (Å²) in [4.78, 5) is 38.5. The van der Waals surface area contributed by atoms with E-state index in [2.05, 4.69) is 15.4 Å². The highest BCUT2D eigenvalue weighted by Crippen LogP contribution is 2.33. The number of ether oxygens (including phenoxy) is 1. The zero-order valence-electron chi connectivity index (χ0n) is 18.3. The maximum atomic E-state index is 12.8. The lowest BCUT2D eigenvalue weighted by atomic mass is 9.82. The number of amides is 4. The first-order valence-electron chi connectivity index (χ1n) is 10.7. The molecule has 1 saturated heterocycles. The fraction of sp³-hybridized carbons (Fsp3) is 0.571. The van der Waals surface area contributed by atoms with Crippen LogP contribution in [0.25, 0.3) is 0 Å². The van der Waals surface area contributed by atoms with E-state index in [0.717, 1.165) is 24.2 Å². The van der Waals surface area contributed by atoms with Gasteiger partial charge in [-0.15, -0.1) is 0 Å². The number of nitrogens with zero attached hydrogens (tertiary/aromatic N) is 1. The van der Waals surface area contributed by atoms with Crippen LogP contribution in [-0.4, -0.2) is 63.0 Å². The maximum Gasteiger partial charge on any atom is 0.325 e. The van der Waals surface area contributed by atoms with Crippen LogP contribution in [0.2, 0.25) is 0 Å². The Kier molecular flexibility index (Phi) is 7.52. The van der Waals surface area contributed by atoms with E-state index in [0.29, 0.717) is 18.5 Å². The normalized spacial score (nSPS) is 19.1. The van der Waals surface area contributed by atoms with E-state index in [1.54, 1.807) is 6.92 Å². The summed E-state index contributed by atoms with van der Waals surface area (Å²) in [6, 6.07) is 4.91. The van der Waals surface area contributed by atoms with E-state index in [4.69, 9.17) is 4.74 Å². The SMILES string of the molecule is COC[C@@H](C)NS(=O)(=O)c1ccc(NC(=O)CCN2C(=O)NC3(CCCCC3)C2=O)cc1. The van der Waals surface area contributed by atoms with Crippen LogP contribution in [0.3, 0.4) is 0 Å². The van der Waals surface area contributed by atoms with Crippen molar-refractivity contribution in [3.8, 4) is 0 Å². The van der Waals surface area contributed by atoms with Crippen LogP contribution in [0.15, 0.2) is 29.2 Å². The van der Waals surface area contributed by atoms with Gasteiger partial charge in [0.05, 0.1) is 11.5 Å². The molecular weight excluding hydrogens is 436 g/mol. The molecule has 1 atom stereocenters. The molecule has 11 heteroatoms. The lowest BCUT2D eigenvalue weighted by molar-refractivity contribution is -0.132. The zero-order valence-corrected chi connectivity index (χ0v) is 19.2. The molecule has 1 heterocycles. The average molecular weight is 467 g/mol. The second kappa shape index (κ2) is 9.97. The molecule has 1 spiro atoms. The number of urea groups is 1. The van der Waals surface area contributed by atoms with Gasteiger partial charge >= 0.3 is 6.03 Å². The Morgan fingerprint density at radius 3 is 2.47 bits per heavy atom. The smallest absolute Gasteiger partial charge is 0.325 e. The number of carbonyl (C=O) groups excluding carboxylic acids is 3. The van der Waals surface area contributed by atoms with Gasteiger partial charge in [-0.3, -0.25) is 14.5 Å². The first-order valence-corrected chi connectivity index (χ1v) is 12.2. The third-order valence-corrected chi connectivity index (χ3v) is 7.34. The zero-order chi connectivity index (χ0) is 23.4. The van der Waals surface area contributed by atoms with E-state index in [9.17, 15) is 22.8 Å². The Morgan fingerprint density at radius 1 is 1.19 bits per heavy atom. The Bertz CT molecular complexity index is 957. The molecule has 0 unspecified atom stereocenters. The van der Waals surface area contributed by atoms with Crippen molar-refractivity contribution in [3.63, 3.8) is 0 Å². The highest BCUT2D eigenvalue weighted by molar-refractivity contribution is 7.89. The molecule has 3 N–H and O–H groups in total. The van der Waals surface area contributed by atoms with E-state index in [-0.39, 0.29) is 42.3 Å².